The molecule has 1 aromatic carbocycles. The van der Waals surface area contributed by atoms with Crippen LogP contribution in [0.2, 0.25) is 0 Å². The standard InChI is InChI=1S/C21H16BrN3O4S/c22-16-8-12(5-6-17(16)29-11-19(26)27)7-13(9-23)20(28)25-21-15(10-24)14-3-1-2-4-18(14)30-21/h5-8H,1-4,11H2,(H,25,28)(H,26,27). The van der Waals surface area contributed by atoms with Gasteiger partial charge in [0.15, 0.2) is 6.61 Å². The van der Waals surface area contributed by atoms with Crippen LogP contribution in [0, 0.1) is 22.7 Å². The molecule has 1 heterocycles. The first-order valence-electron chi connectivity index (χ1n) is 9.05. The third-order valence-electron chi connectivity index (χ3n) is 4.49. The van der Waals surface area contributed by atoms with Crippen LogP contribution in [0.3, 0.4) is 0 Å². The number of rotatable bonds is 6. The Balaban J connectivity index is 1.80. The molecule has 3 rings (SSSR count). The van der Waals surface area contributed by atoms with Crippen molar-refractivity contribution in [1.82, 2.24) is 0 Å². The Morgan fingerprint density at radius 3 is 2.73 bits per heavy atom. The fourth-order valence-corrected chi connectivity index (χ4v) is 4.87. The normalized spacial score (nSPS) is 13.0. The number of fused-ring (bicyclic) bond motifs is 1. The van der Waals surface area contributed by atoms with Crippen molar-refractivity contribution in [2.24, 2.45) is 0 Å². The van der Waals surface area contributed by atoms with E-state index in [1.807, 2.05) is 6.07 Å². The van der Waals surface area contributed by atoms with Gasteiger partial charge in [-0.2, -0.15) is 10.5 Å². The molecule has 9 heteroatoms. The lowest BCUT2D eigenvalue weighted by Gasteiger charge is -2.09. The number of nitriles is 2. The largest absolute Gasteiger partial charge is 0.481 e. The van der Waals surface area contributed by atoms with E-state index in [-0.39, 0.29) is 5.57 Å². The second kappa shape index (κ2) is 9.57. The van der Waals surface area contributed by atoms with Crippen molar-refractivity contribution in [3.05, 3.63) is 49.8 Å². The van der Waals surface area contributed by atoms with Crippen molar-refractivity contribution in [2.45, 2.75) is 25.7 Å². The van der Waals surface area contributed by atoms with E-state index in [4.69, 9.17) is 9.84 Å². The number of carboxylic acids is 1. The highest BCUT2D eigenvalue weighted by molar-refractivity contribution is 9.10. The number of hydrogen-bond donors (Lipinski definition) is 2. The lowest BCUT2D eigenvalue weighted by atomic mass is 9.96. The number of aryl methyl sites for hydroxylation is 1. The smallest absolute Gasteiger partial charge is 0.341 e. The molecule has 2 N–H and O–H groups in total. The predicted molar refractivity (Wildman–Crippen MR) is 115 cm³/mol. The van der Waals surface area contributed by atoms with E-state index in [0.29, 0.717) is 26.4 Å². The molecule has 1 aromatic heterocycles. The van der Waals surface area contributed by atoms with Crippen LogP contribution in [0.1, 0.15) is 34.4 Å². The van der Waals surface area contributed by atoms with E-state index in [1.165, 1.54) is 17.4 Å². The Bertz CT molecular complexity index is 1120. The van der Waals surface area contributed by atoms with Crippen LogP contribution in [0.15, 0.2) is 28.2 Å². The molecule has 2 aromatic rings. The number of hydrogen-bond acceptors (Lipinski definition) is 6. The summed E-state index contributed by atoms with van der Waals surface area (Å²) in [4.78, 5) is 24.4. The first kappa shape index (κ1) is 21.6. The summed E-state index contributed by atoms with van der Waals surface area (Å²) in [7, 11) is 0. The average Bonchev–Trinajstić information content (AvgIpc) is 3.07. The van der Waals surface area contributed by atoms with Gasteiger partial charge in [-0.25, -0.2) is 4.79 Å². The molecule has 0 saturated carbocycles. The van der Waals surface area contributed by atoms with E-state index in [0.717, 1.165) is 36.1 Å². The number of carbonyl (C=O) groups excluding carboxylic acids is 1. The summed E-state index contributed by atoms with van der Waals surface area (Å²) in [5, 5.41) is 30.9. The lowest BCUT2D eigenvalue weighted by molar-refractivity contribution is -0.139. The minimum Gasteiger partial charge on any atom is -0.481 e. The molecule has 0 unspecified atom stereocenters. The fraction of sp³-hybridized carbons (Fsp3) is 0.238. The Hall–Kier alpha value is -3.14. The zero-order chi connectivity index (χ0) is 21.7. The van der Waals surface area contributed by atoms with Gasteiger partial charge in [0, 0.05) is 4.88 Å². The highest BCUT2D eigenvalue weighted by atomic mass is 79.9. The highest BCUT2D eigenvalue weighted by Gasteiger charge is 2.22. The molecule has 0 spiro atoms. The van der Waals surface area contributed by atoms with E-state index >= 15 is 0 Å². The molecular formula is C21H16BrN3O4S. The third-order valence-corrected chi connectivity index (χ3v) is 6.32. The van der Waals surface area contributed by atoms with Crippen LogP contribution in [-0.2, 0) is 22.4 Å². The average molecular weight is 486 g/mol. The van der Waals surface area contributed by atoms with E-state index in [1.54, 1.807) is 18.2 Å². The van der Waals surface area contributed by atoms with Gasteiger partial charge < -0.3 is 15.2 Å². The van der Waals surface area contributed by atoms with Crippen molar-refractivity contribution in [3.63, 3.8) is 0 Å². The maximum absolute atomic E-state index is 12.7. The topological polar surface area (TPSA) is 123 Å². The molecule has 1 aliphatic carbocycles. The predicted octanol–water partition coefficient (Wildman–Crippen LogP) is 4.27. The molecule has 1 aliphatic rings. The number of anilines is 1. The third kappa shape index (κ3) is 4.88. The van der Waals surface area contributed by atoms with Crippen LogP contribution in [0.5, 0.6) is 5.75 Å². The molecule has 0 aliphatic heterocycles. The van der Waals surface area contributed by atoms with Gasteiger partial charge in [-0.05, 0) is 70.9 Å². The first-order chi connectivity index (χ1) is 14.4. The minimum absolute atomic E-state index is 0.114. The number of ether oxygens (including phenoxy) is 1. The molecule has 0 atom stereocenters. The summed E-state index contributed by atoms with van der Waals surface area (Å²) < 4.78 is 5.63. The number of benzene rings is 1. The molecule has 0 fully saturated rings. The summed E-state index contributed by atoms with van der Waals surface area (Å²) in [6, 6.07) is 8.85. The molecule has 0 radical (unpaired) electrons. The van der Waals surface area contributed by atoms with E-state index < -0.39 is 18.5 Å². The number of thiophene rings is 1. The van der Waals surface area contributed by atoms with Crippen LogP contribution >= 0.6 is 27.3 Å². The number of amides is 1. The molecule has 7 nitrogen and oxygen atoms in total. The van der Waals surface area contributed by atoms with Crippen LogP contribution in [0.4, 0.5) is 5.00 Å². The number of aliphatic carboxylic acids is 1. The van der Waals surface area contributed by atoms with Gasteiger partial charge in [0.05, 0.1) is 10.0 Å². The van der Waals surface area contributed by atoms with Crippen molar-refractivity contribution in [1.29, 1.82) is 10.5 Å². The summed E-state index contributed by atoms with van der Waals surface area (Å²) in [5.74, 6) is -1.35. The highest BCUT2D eigenvalue weighted by Crippen LogP contribution is 2.37. The van der Waals surface area contributed by atoms with Crippen LogP contribution in [-0.4, -0.2) is 23.6 Å². The van der Waals surface area contributed by atoms with E-state index in [2.05, 4.69) is 27.3 Å². The van der Waals surface area contributed by atoms with Gasteiger partial charge in [0.1, 0.15) is 28.5 Å². The number of halogens is 1. The Kier molecular flexibility index (Phi) is 6.88. The fourth-order valence-electron chi connectivity index (χ4n) is 3.12. The molecule has 0 bridgehead atoms. The first-order valence-corrected chi connectivity index (χ1v) is 10.7. The zero-order valence-electron chi connectivity index (χ0n) is 15.7. The van der Waals surface area contributed by atoms with Crippen molar-refractivity contribution < 1.29 is 19.4 Å². The number of carbonyl (C=O) groups is 2. The monoisotopic (exact) mass is 485 g/mol. The number of nitrogens with zero attached hydrogens (tertiary/aromatic N) is 2. The second-order valence-electron chi connectivity index (χ2n) is 6.52. The van der Waals surface area contributed by atoms with Crippen LogP contribution in [0.25, 0.3) is 6.08 Å². The van der Waals surface area contributed by atoms with Gasteiger partial charge >= 0.3 is 5.97 Å². The van der Waals surface area contributed by atoms with Crippen LogP contribution < -0.4 is 10.1 Å². The summed E-state index contributed by atoms with van der Waals surface area (Å²) in [6.45, 7) is -0.481. The van der Waals surface area contributed by atoms with E-state index in [9.17, 15) is 20.1 Å². The number of carboxylic acid groups (broad SMARTS) is 1. The Morgan fingerprint density at radius 2 is 2.07 bits per heavy atom. The minimum atomic E-state index is -1.10. The molecule has 1 amide bonds. The second-order valence-corrected chi connectivity index (χ2v) is 8.48. The maximum Gasteiger partial charge on any atom is 0.341 e. The Morgan fingerprint density at radius 1 is 1.30 bits per heavy atom. The van der Waals surface area contributed by atoms with Crippen molar-refractivity contribution in [3.8, 4) is 17.9 Å². The SMILES string of the molecule is N#CC(=Cc1ccc(OCC(=O)O)c(Br)c1)C(=O)Nc1sc2c(c1C#N)CCCC2. The van der Waals surface area contributed by atoms with Crippen molar-refractivity contribution >= 4 is 50.2 Å². The Labute approximate surface area is 185 Å². The molecule has 0 saturated heterocycles. The summed E-state index contributed by atoms with van der Waals surface area (Å²) in [6.07, 6.45) is 5.23. The summed E-state index contributed by atoms with van der Waals surface area (Å²) >= 11 is 4.68. The molecule has 30 heavy (non-hydrogen) atoms. The zero-order valence-corrected chi connectivity index (χ0v) is 18.1. The number of nitrogens with one attached hydrogen (secondary N) is 1. The van der Waals surface area contributed by atoms with Crippen molar-refractivity contribution in [2.75, 3.05) is 11.9 Å². The van der Waals surface area contributed by atoms with Gasteiger partial charge in [-0.1, -0.05) is 6.07 Å². The quantitative estimate of drug-likeness (QED) is 0.464. The van der Waals surface area contributed by atoms with Gasteiger partial charge in [-0.3, -0.25) is 4.79 Å². The van der Waals surface area contributed by atoms with Gasteiger partial charge in [0.25, 0.3) is 5.91 Å². The van der Waals surface area contributed by atoms with Gasteiger partial charge in [-0.15, -0.1) is 11.3 Å². The molecular weight excluding hydrogens is 470 g/mol. The van der Waals surface area contributed by atoms with Gasteiger partial charge in [0.2, 0.25) is 0 Å². The summed E-state index contributed by atoms with van der Waals surface area (Å²) in [5.41, 5.74) is 1.94. The lowest BCUT2D eigenvalue weighted by Crippen LogP contribution is -2.13. The molecule has 152 valence electrons. The maximum atomic E-state index is 12.7.